The van der Waals surface area contributed by atoms with Gasteiger partial charge in [-0.2, -0.15) is 4.31 Å². The van der Waals surface area contributed by atoms with Gasteiger partial charge in [0.25, 0.3) is 0 Å². The molecule has 0 unspecified atom stereocenters. The molecule has 0 aliphatic carbocycles. The lowest BCUT2D eigenvalue weighted by Gasteiger charge is -2.33. The number of hydrogen-bond donors (Lipinski definition) is 2. The first-order valence-electron chi connectivity index (χ1n) is 8.57. The molecule has 0 bridgehead atoms. The Hall–Kier alpha value is -2.17. The van der Waals surface area contributed by atoms with Crippen molar-refractivity contribution < 1.29 is 33.0 Å². The maximum absolute atomic E-state index is 11.8. The molecular weight excluding hydrogens is 376 g/mol. The van der Waals surface area contributed by atoms with Crippen LogP contribution in [-0.2, 0) is 26.2 Å². The first kappa shape index (κ1) is 22.9. The third kappa shape index (κ3) is 7.94. The summed E-state index contributed by atoms with van der Waals surface area (Å²) in [5, 5.41) is 14.8. The molecular formula is C17H26N2O7S. The van der Waals surface area contributed by atoms with Gasteiger partial charge in [-0.3, -0.25) is 4.90 Å². The van der Waals surface area contributed by atoms with Crippen LogP contribution in [0.4, 0.5) is 0 Å². The summed E-state index contributed by atoms with van der Waals surface area (Å²) in [5.41, 5.74) is 1.23. The lowest BCUT2D eigenvalue weighted by atomic mass is 10.2. The molecule has 9 nitrogen and oxygen atoms in total. The fourth-order valence-corrected chi connectivity index (χ4v) is 3.55. The predicted octanol–water partition coefficient (Wildman–Crippen LogP) is 0.708. The number of ether oxygens (including phenoxy) is 1. The molecule has 0 amide bonds. The normalized spacial score (nSPS) is 15.5. The zero-order valence-electron chi connectivity index (χ0n) is 15.5. The third-order valence-electron chi connectivity index (χ3n) is 3.91. The molecule has 2 N–H and O–H groups in total. The Bertz CT molecular complexity index is 699. The standard InChI is InChI=1S/C15H24N2O3S.C2H2O4/c1-3-20-15-7-5-14(6-8-15)13-16-9-11-17(12-10-16)21(18,19)4-2;3-1(4)2(5)6/h5-8H,3-4,9-13H2,1-2H3;(H,3,4)(H,5,6). The summed E-state index contributed by atoms with van der Waals surface area (Å²) in [7, 11) is -3.04. The second-order valence-electron chi connectivity index (χ2n) is 5.76. The van der Waals surface area contributed by atoms with Crippen LogP contribution < -0.4 is 4.74 Å². The number of carboxylic acid groups (broad SMARTS) is 2. The van der Waals surface area contributed by atoms with Crippen molar-refractivity contribution >= 4 is 22.0 Å². The van der Waals surface area contributed by atoms with Crippen molar-refractivity contribution in [2.45, 2.75) is 20.4 Å². The van der Waals surface area contributed by atoms with Crippen LogP contribution in [0.25, 0.3) is 0 Å². The second kappa shape index (κ2) is 10.9. The van der Waals surface area contributed by atoms with Gasteiger partial charge in [-0.05, 0) is 31.5 Å². The number of aliphatic carboxylic acids is 2. The molecule has 10 heteroatoms. The highest BCUT2D eigenvalue weighted by Gasteiger charge is 2.25. The van der Waals surface area contributed by atoms with E-state index in [1.165, 1.54) is 5.56 Å². The van der Waals surface area contributed by atoms with Crippen LogP contribution in [0.5, 0.6) is 5.75 Å². The fourth-order valence-electron chi connectivity index (χ4n) is 2.46. The molecule has 27 heavy (non-hydrogen) atoms. The summed E-state index contributed by atoms with van der Waals surface area (Å²) in [6.45, 7) is 7.94. The van der Waals surface area contributed by atoms with Crippen molar-refractivity contribution in [1.82, 2.24) is 9.21 Å². The average molecular weight is 402 g/mol. The van der Waals surface area contributed by atoms with E-state index in [0.29, 0.717) is 19.7 Å². The molecule has 1 heterocycles. The second-order valence-corrected chi connectivity index (χ2v) is 8.02. The van der Waals surface area contributed by atoms with Crippen LogP contribution in [0.1, 0.15) is 19.4 Å². The number of sulfonamides is 1. The van der Waals surface area contributed by atoms with Crippen LogP contribution in [-0.4, -0.2) is 78.3 Å². The number of benzene rings is 1. The minimum absolute atomic E-state index is 0.186. The van der Waals surface area contributed by atoms with E-state index in [4.69, 9.17) is 24.5 Å². The van der Waals surface area contributed by atoms with Gasteiger partial charge in [-0.25, -0.2) is 18.0 Å². The molecule has 0 radical (unpaired) electrons. The third-order valence-corrected chi connectivity index (χ3v) is 5.79. The zero-order valence-corrected chi connectivity index (χ0v) is 16.3. The summed E-state index contributed by atoms with van der Waals surface area (Å²) in [6, 6.07) is 8.10. The molecule has 2 rings (SSSR count). The molecule has 1 aliphatic rings. The molecule has 0 aromatic heterocycles. The summed E-state index contributed by atoms with van der Waals surface area (Å²) in [6.07, 6.45) is 0. The summed E-state index contributed by atoms with van der Waals surface area (Å²) >= 11 is 0. The Morgan fingerprint density at radius 2 is 1.52 bits per heavy atom. The highest BCUT2D eigenvalue weighted by Crippen LogP contribution is 2.15. The number of nitrogens with zero attached hydrogens (tertiary/aromatic N) is 2. The van der Waals surface area contributed by atoms with Crippen molar-refractivity contribution in [3.63, 3.8) is 0 Å². The number of piperazine rings is 1. The van der Waals surface area contributed by atoms with Gasteiger partial charge in [-0.1, -0.05) is 12.1 Å². The number of carbonyl (C=O) groups is 2. The maximum Gasteiger partial charge on any atom is 0.414 e. The SMILES string of the molecule is CCOc1ccc(CN2CCN(S(=O)(=O)CC)CC2)cc1.O=C(O)C(=O)O. The van der Waals surface area contributed by atoms with Crippen LogP contribution in [0.15, 0.2) is 24.3 Å². The molecule has 0 atom stereocenters. The molecule has 0 saturated carbocycles. The maximum atomic E-state index is 11.8. The van der Waals surface area contributed by atoms with E-state index >= 15 is 0 Å². The minimum Gasteiger partial charge on any atom is -0.494 e. The number of rotatable bonds is 6. The topological polar surface area (TPSA) is 124 Å². The Balaban J connectivity index is 0.000000527. The van der Waals surface area contributed by atoms with Crippen molar-refractivity contribution in [1.29, 1.82) is 0 Å². The summed E-state index contributed by atoms with van der Waals surface area (Å²) in [4.78, 5) is 20.5. The fraction of sp³-hybridized carbons (Fsp3) is 0.529. The molecule has 1 fully saturated rings. The highest BCUT2D eigenvalue weighted by atomic mass is 32.2. The van der Waals surface area contributed by atoms with Gasteiger partial charge in [-0.15, -0.1) is 0 Å². The minimum atomic E-state index is -3.04. The molecule has 1 saturated heterocycles. The Morgan fingerprint density at radius 1 is 1.00 bits per heavy atom. The Morgan fingerprint density at radius 3 is 1.93 bits per heavy atom. The summed E-state index contributed by atoms with van der Waals surface area (Å²) in [5.74, 6) is -2.57. The van der Waals surface area contributed by atoms with E-state index in [2.05, 4.69) is 17.0 Å². The van der Waals surface area contributed by atoms with Gasteiger partial charge >= 0.3 is 11.9 Å². The first-order valence-corrected chi connectivity index (χ1v) is 10.2. The highest BCUT2D eigenvalue weighted by molar-refractivity contribution is 7.89. The van der Waals surface area contributed by atoms with Gasteiger partial charge in [0, 0.05) is 32.7 Å². The molecule has 1 aliphatic heterocycles. The van der Waals surface area contributed by atoms with E-state index in [9.17, 15) is 8.42 Å². The van der Waals surface area contributed by atoms with Crippen LogP contribution >= 0.6 is 0 Å². The lowest BCUT2D eigenvalue weighted by molar-refractivity contribution is -0.159. The van der Waals surface area contributed by atoms with Gasteiger partial charge in [0.15, 0.2) is 0 Å². The molecule has 1 aromatic rings. The lowest BCUT2D eigenvalue weighted by Crippen LogP contribution is -2.48. The van der Waals surface area contributed by atoms with Crippen LogP contribution in [0, 0.1) is 0 Å². The van der Waals surface area contributed by atoms with Crippen molar-refractivity contribution in [3.8, 4) is 5.75 Å². The van der Waals surface area contributed by atoms with Gasteiger partial charge < -0.3 is 14.9 Å². The molecule has 1 aromatic carbocycles. The molecule has 0 spiro atoms. The van der Waals surface area contributed by atoms with Crippen molar-refractivity contribution in [2.75, 3.05) is 38.5 Å². The van der Waals surface area contributed by atoms with Gasteiger partial charge in [0.1, 0.15) is 5.75 Å². The number of hydrogen-bond acceptors (Lipinski definition) is 6. The number of carboxylic acids is 2. The largest absolute Gasteiger partial charge is 0.494 e. The molecule has 152 valence electrons. The monoisotopic (exact) mass is 402 g/mol. The van der Waals surface area contributed by atoms with Crippen LogP contribution in [0.2, 0.25) is 0 Å². The van der Waals surface area contributed by atoms with Crippen molar-refractivity contribution in [2.24, 2.45) is 0 Å². The smallest absolute Gasteiger partial charge is 0.414 e. The first-order chi connectivity index (χ1) is 12.7. The van der Waals surface area contributed by atoms with E-state index in [0.717, 1.165) is 25.4 Å². The zero-order chi connectivity index (χ0) is 20.4. The van der Waals surface area contributed by atoms with E-state index < -0.39 is 22.0 Å². The van der Waals surface area contributed by atoms with E-state index in [1.54, 1.807) is 11.2 Å². The summed E-state index contributed by atoms with van der Waals surface area (Å²) < 4.78 is 30.7. The quantitative estimate of drug-likeness (QED) is 0.667. The van der Waals surface area contributed by atoms with E-state index in [-0.39, 0.29) is 5.75 Å². The van der Waals surface area contributed by atoms with E-state index in [1.807, 2.05) is 19.1 Å². The average Bonchev–Trinajstić information content (AvgIpc) is 2.64. The Labute approximate surface area is 159 Å². The Kier molecular flexibility index (Phi) is 9.19. The van der Waals surface area contributed by atoms with Crippen molar-refractivity contribution in [3.05, 3.63) is 29.8 Å². The van der Waals surface area contributed by atoms with Gasteiger partial charge in [0.05, 0.1) is 12.4 Å². The predicted molar refractivity (Wildman–Crippen MR) is 99.2 cm³/mol. The van der Waals surface area contributed by atoms with Crippen LogP contribution in [0.3, 0.4) is 0 Å². The van der Waals surface area contributed by atoms with Gasteiger partial charge in [0.2, 0.25) is 10.0 Å².